The van der Waals surface area contributed by atoms with Crippen LogP contribution in [0.2, 0.25) is 0 Å². The van der Waals surface area contributed by atoms with E-state index in [0.29, 0.717) is 0 Å². The molecule has 2 rings (SSSR count). The van der Waals surface area contributed by atoms with E-state index in [1.54, 1.807) is 0 Å². The Morgan fingerprint density at radius 2 is 2.37 bits per heavy atom. The molecule has 1 aromatic rings. The average molecular weight is 273 g/mol. The first kappa shape index (κ1) is 13.5. The van der Waals surface area contributed by atoms with Gasteiger partial charge >= 0.3 is 5.69 Å². The lowest BCUT2D eigenvalue weighted by Gasteiger charge is -2.34. The number of aliphatic hydroxyl groups is 2. The normalized spacial score (nSPS) is 29.2. The quantitative estimate of drug-likeness (QED) is 0.623. The Balaban J connectivity index is 2.38. The summed E-state index contributed by atoms with van der Waals surface area (Å²) in [6.45, 7) is -0.561. The molecule has 0 spiro atoms. The second-order valence-electron chi connectivity index (χ2n) is 3.77. The Bertz CT molecular complexity index is 546. The molecule has 0 amide bonds. The average Bonchev–Trinajstić information content (AvgIpc) is 2.39. The van der Waals surface area contributed by atoms with Crippen molar-refractivity contribution in [3.63, 3.8) is 0 Å². The molecule has 9 heteroatoms. The van der Waals surface area contributed by atoms with Crippen molar-refractivity contribution in [2.24, 2.45) is 0 Å². The lowest BCUT2D eigenvalue weighted by atomic mass is 10.3. The van der Waals surface area contributed by atoms with Gasteiger partial charge in [0.05, 0.1) is 6.61 Å². The number of nitrogen functional groups attached to an aromatic ring is 1. The van der Waals surface area contributed by atoms with Gasteiger partial charge in [0.25, 0.3) is 0 Å². The molecule has 1 aliphatic heterocycles. The highest BCUT2D eigenvalue weighted by atomic mass is 19.1. The number of nitrogens with two attached hydrogens (primary N) is 1. The van der Waals surface area contributed by atoms with E-state index in [1.165, 1.54) is 12.3 Å². The van der Waals surface area contributed by atoms with E-state index in [4.69, 9.17) is 20.3 Å². The van der Waals surface area contributed by atoms with Crippen molar-refractivity contribution in [1.82, 2.24) is 9.55 Å². The lowest BCUT2D eigenvalue weighted by Crippen LogP contribution is -2.44. The molecule has 1 aromatic heterocycles. The number of aliphatic hydroxyl groups excluding tert-OH is 2. The third-order valence-electron chi connectivity index (χ3n) is 2.51. The number of ether oxygens (including phenoxy) is 2. The van der Waals surface area contributed by atoms with E-state index >= 15 is 0 Å². The minimum absolute atomic E-state index is 0.00231. The molecular formula is C10H12FN3O5. The van der Waals surface area contributed by atoms with Gasteiger partial charge in [-0.15, -0.1) is 0 Å². The Hall–Kier alpha value is -1.97. The van der Waals surface area contributed by atoms with Crippen LogP contribution in [0.4, 0.5) is 10.2 Å². The minimum atomic E-state index is -1.53. The molecule has 104 valence electrons. The molecule has 2 heterocycles. The predicted molar refractivity (Wildman–Crippen MR) is 60.2 cm³/mol. The van der Waals surface area contributed by atoms with Gasteiger partial charge in [0, 0.05) is 6.20 Å². The van der Waals surface area contributed by atoms with Gasteiger partial charge in [-0.05, 0) is 6.07 Å². The standard InChI is InChI=1S/C10H12FN3O5/c11-3-5-8(18-6(4-15)9(16)19-5)14-2-1-7(12)13-10(14)17/h1-3,6,8-9,15-16H,4H2,(H2,12,13,17)/b5-3-/t6-,8-,9?/m1/s1. The Morgan fingerprint density at radius 1 is 1.63 bits per heavy atom. The van der Waals surface area contributed by atoms with Crippen molar-refractivity contribution in [1.29, 1.82) is 0 Å². The summed E-state index contributed by atoms with van der Waals surface area (Å²) in [5.74, 6) is -0.409. The van der Waals surface area contributed by atoms with Crippen molar-refractivity contribution >= 4 is 5.82 Å². The van der Waals surface area contributed by atoms with Crippen LogP contribution in [0.1, 0.15) is 6.23 Å². The molecule has 1 aliphatic rings. The van der Waals surface area contributed by atoms with Crippen LogP contribution >= 0.6 is 0 Å². The van der Waals surface area contributed by atoms with Gasteiger partial charge in [-0.3, -0.25) is 4.57 Å². The van der Waals surface area contributed by atoms with E-state index in [-0.39, 0.29) is 12.1 Å². The highest BCUT2D eigenvalue weighted by Gasteiger charge is 2.36. The molecule has 1 saturated heterocycles. The van der Waals surface area contributed by atoms with Crippen molar-refractivity contribution < 1.29 is 24.1 Å². The highest BCUT2D eigenvalue weighted by Crippen LogP contribution is 2.29. The number of nitrogens with zero attached hydrogens (tertiary/aromatic N) is 2. The summed E-state index contributed by atoms with van der Waals surface area (Å²) in [4.78, 5) is 15.1. The maximum Gasteiger partial charge on any atom is 0.351 e. The van der Waals surface area contributed by atoms with E-state index < -0.39 is 36.7 Å². The fourth-order valence-corrected chi connectivity index (χ4v) is 1.59. The number of hydrogen-bond acceptors (Lipinski definition) is 7. The zero-order chi connectivity index (χ0) is 14.0. The van der Waals surface area contributed by atoms with Gasteiger partial charge in [-0.1, -0.05) is 0 Å². The molecule has 0 aliphatic carbocycles. The van der Waals surface area contributed by atoms with Gasteiger partial charge in [0.2, 0.25) is 6.29 Å². The fraction of sp³-hybridized carbons (Fsp3) is 0.400. The first-order chi connectivity index (χ1) is 9.06. The van der Waals surface area contributed by atoms with Crippen molar-refractivity contribution in [2.45, 2.75) is 18.6 Å². The monoisotopic (exact) mass is 273 g/mol. The van der Waals surface area contributed by atoms with Crippen molar-refractivity contribution in [3.8, 4) is 0 Å². The molecule has 0 saturated carbocycles. The Labute approximate surface area is 106 Å². The number of halogens is 1. The Morgan fingerprint density at radius 3 is 2.95 bits per heavy atom. The molecule has 0 aromatic carbocycles. The number of rotatable bonds is 2. The molecule has 1 fully saturated rings. The van der Waals surface area contributed by atoms with Crippen molar-refractivity contribution in [2.75, 3.05) is 12.3 Å². The first-order valence-corrected chi connectivity index (χ1v) is 5.32. The van der Waals surface area contributed by atoms with E-state index in [9.17, 15) is 14.3 Å². The van der Waals surface area contributed by atoms with Gasteiger partial charge < -0.3 is 25.4 Å². The molecule has 8 nitrogen and oxygen atoms in total. The third-order valence-corrected chi connectivity index (χ3v) is 2.51. The smallest absolute Gasteiger partial charge is 0.351 e. The largest absolute Gasteiger partial charge is 0.459 e. The number of aromatic nitrogens is 2. The second kappa shape index (κ2) is 5.34. The summed E-state index contributed by atoms with van der Waals surface area (Å²) < 4.78 is 23.7. The van der Waals surface area contributed by atoms with Gasteiger partial charge in [0.1, 0.15) is 18.3 Å². The Kier molecular flexibility index (Phi) is 3.79. The molecule has 4 N–H and O–H groups in total. The van der Waals surface area contributed by atoms with E-state index in [1.807, 2.05) is 0 Å². The summed E-state index contributed by atoms with van der Waals surface area (Å²) in [6.07, 6.45) is -2.61. The first-order valence-electron chi connectivity index (χ1n) is 5.32. The summed E-state index contributed by atoms with van der Waals surface area (Å²) >= 11 is 0. The maximum absolute atomic E-state index is 12.7. The zero-order valence-corrected chi connectivity index (χ0v) is 9.64. The number of hydrogen-bond donors (Lipinski definition) is 3. The zero-order valence-electron chi connectivity index (χ0n) is 9.64. The van der Waals surface area contributed by atoms with Crippen LogP contribution in [0.25, 0.3) is 0 Å². The SMILES string of the molecule is Nc1ccn([C@@H]2O[C@H](CO)C(O)O/C2=C\F)c(=O)n1. The molecule has 3 atom stereocenters. The van der Waals surface area contributed by atoms with Crippen LogP contribution in [0.3, 0.4) is 0 Å². The van der Waals surface area contributed by atoms with Gasteiger partial charge in [0.15, 0.2) is 12.0 Å². The van der Waals surface area contributed by atoms with E-state index in [0.717, 1.165) is 4.57 Å². The summed E-state index contributed by atoms with van der Waals surface area (Å²) in [7, 11) is 0. The van der Waals surface area contributed by atoms with Crippen LogP contribution in [0.15, 0.2) is 29.1 Å². The topological polar surface area (TPSA) is 120 Å². The molecule has 19 heavy (non-hydrogen) atoms. The van der Waals surface area contributed by atoms with Crippen LogP contribution in [0.5, 0.6) is 0 Å². The minimum Gasteiger partial charge on any atom is -0.459 e. The molecule has 0 bridgehead atoms. The predicted octanol–water partition coefficient (Wildman–Crippen LogP) is -1.14. The van der Waals surface area contributed by atoms with Crippen LogP contribution in [0, 0.1) is 0 Å². The fourth-order valence-electron chi connectivity index (χ4n) is 1.59. The van der Waals surface area contributed by atoms with Crippen LogP contribution < -0.4 is 11.4 Å². The summed E-state index contributed by atoms with van der Waals surface area (Å²) in [5, 5.41) is 18.4. The van der Waals surface area contributed by atoms with E-state index in [2.05, 4.69) is 4.98 Å². The second-order valence-corrected chi connectivity index (χ2v) is 3.77. The van der Waals surface area contributed by atoms with Crippen LogP contribution in [-0.4, -0.2) is 38.8 Å². The molecular weight excluding hydrogens is 261 g/mol. The summed E-state index contributed by atoms with van der Waals surface area (Å²) in [6, 6.07) is 1.32. The van der Waals surface area contributed by atoms with Gasteiger partial charge in [-0.2, -0.15) is 4.98 Å². The lowest BCUT2D eigenvalue weighted by molar-refractivity contribution is -0.247. The third kappa shape index (κ3) is 2.57. The molecule has 0 radical (unpaired) electrons. The molecule has 1 unspecified atom stereocenters. The maximum atomic E-state index is 12.7. The van der Waals surface area contributed by atoms with Gasteiger partial charge in [-0.25, -0.2) is 9.18 Å². The van der Waals surface area contributed by atoms with Crippen LogP contribution in [-0.2, 0) is 9.47 Å². The van der Waals surface area contributed by atoms with Crippen molar-refractivity contribution in [3.05, 3.63) is 34.8 Å². The highest BCUT2D eigenvalue weighted by molar-refractivity contribution is 5.24. The summed E-state index contributed by atoms with van der Waals surface area (Å²) in [5.41, 5.74) is 4.56. The number of anilines is 1.